The summed E-state index contributed by atoms with van der Waals surface area (Å²) < 4.78 is 0. The number of aliphatic hydroxyl groups is 1. The smallest absolute Gasteiger partial charge is 0.167 e. The Kier molecular flexibility index (Phi) is 4.11. The van der Waals surface area contributed by atoms with Crippen LogP contribution in [0, 0.1) is 5.92 Å². The van der Waals surface area contributed by atoms with E-state index in [2.05, 4.69) is 6.92 Å². The van der Waals surface area contributed by atoms with E-state index in [-0.39, 0.29) is 11.7 Å². The van der Waals surface area contributed by atoms with Crippen LogP contribution in [0.5, 0.6) is 0 Å². The molecule has 14 heavy (non-hydrogen) atoms. The molecule has 0 aromatic carbocycles. The maximum absolute atomic E-state index is 12.0. The van der Waals surface area contributed by atoms with Crippen LogP contribution >= 0.6 is 0 Å². The minimum absolute atomic E-state index is 0.0306. The molecule has 0 heterocycles. The van der Waals surface area contributed by atoms with Crippen molar-refractivity contribution in [3.63, 3.8) is 0 Å². The van der Waals surface area contributed by atoms with Gasteiger partial charge in [0.05, 0.1) is 0 Å². The summed E-state index contributed by atoms with van der Waals surface area (Å²) in [6.07, 6.45) is 6.45. The van der Waals surface area contributed by atoms with Crippen molar-refractivity contribution in [1.82, 2.24) is 0 Å². The Morgan fingerprint density at radius 3 is 2.43 bits per heavy atom. The molecular formula is C12H22O2. The molecule has 0 radical (unpaired) electrons. The number of hydrogen-bond acceptors (Lipinski definition) is 2. The molecular weight excluding hydrogens is 176 g/mol. The second kappa shape index (κ2) is 4.92. The Bertz CT molecular complexity index is 192. The molecule has 82 valence electrons. The minimum atomic E-state index is -0.979. The molecule has 1 N–H and O–H groups in total. The summed E-state index contributed by atoms with van der Waals surface area (Å²) in [5.74, 6) is 0.113. The number of Topliss-reactive ketones (excluding diaryl/α,β-unsaturated/α-hetero) is 1. The van der Waals surface area contributed by atoms with Crippen molar-refractivity contribution in [3.8, 4) is 0 Å². The first-order valence-electron chi connectivity index (χ1n) is 5.87. The van der Waals surface area contributed by atoms with Gasteiger partial charge in [0.1, 0.15) is 5.60 Å². The molecule has 0 saturated heterocycles. The van der Waals surface area contributed by atoms with Crippen molar-refractivity contribution in [1.29, 1.82) is 0 Å². The third-order valence-electron chi connectivity index (χ3n) is 3.31. The van der Waals surface area contributed by atoms with Gasteiger partial charge in [-0.1, -0.05) is 39.5 Å². The number of carbonyl (C=O) groups is 1. The molecule has 0 aliphatic heterocycles. The molecule has 1 rings (SSSR count). The van der Waals surface area contributed by atoms with E-state index in [1.165, 1.54) is 0 Å². The summed E-state index contributed by atoms with van der Waals surface area (Å²) in [6, 6.07) is 0. The zero-order chi connectivity index (χ0) is 10.6. The second-order valence-electron chi connectivity index (χ2n) is 4.65. The number of hydrogen-bond donors (Lipinski definition) is 1. The van der Waals surface area contributed by atoms with E-state index in [0.717, 1.165) is 32.1 Å². The fourth-order valence-corrected chi connectivity index (χ4v) is 2.41. The fourth-order valence-electron chi connectivity index (χ4n) is 2.41. The summed E-state index contributed by atoms with van der Waals surface area (Å²) in [4.78, 5) is 12.0. The van der Waals surface area contributed by atoms with Gasteiger partial charge in [-0.3, -0.25) is 4.79 Å². The zero-order valence-corrected chi connectivity index (χ0v) is 9.38. The normalized spacial score (nSPS) is 23.1. The van der Waals surface area contributed by atoms with Crippen LogP contribution < -0.4 is 0 Å². The van der Waals surface area contributed by atoms with Gasteiger partial charge in [0.15, 0.2) is 5.78 Å². The third kappa shape index (κ3) is 2.57. The van der Waals surface area contributed by atoms with Crippen LogP contribution in [0.15, 0.2) is 0 Å². The zero-order valence-electron chi connectivity index (χ0n) is 9.38. The monoisotopic (exact) mass is 198 g/mol. The molecule has 1 aliphatic rings. The quantitative estimate of drug-likeness (QED) is 0.754. The molecule has 0 spiro atoms. The molecule has 0 bridgehead atoms. The van der Waals surface area contributed by atoms with Gasteiger partial charge < -0.3 is 5.11 Å². The topological polar surface area (TPSA) is 37.3 Å². The van der Waals surface area contributed by atoms with Gasteiger partial charge in [-0.25, -0.2) is 0 Å². The van der Waals surface area contributed by atoms with E-state index in [1.807, 2.05) is 6.92 Å². The SMILES string of the molecule is CCCC(C)C(=O)C1(O)CCCCC1. The maximum Gasteiger partial charge on any atom is 0.167 e. The lowest BCUT2D eigenvalue weighted by molar-refractivity contribution is -0.144. The summed E-state index contributed by atoms with van der Waals surface area (Å²) >= 11 is 0. The summed E-state index contributed by atoms with van der Waals surface area (Å²) in [6.45, 7) is 4.02. The minimum Gasteiger partial charge on any atom is -0.382 e. The van der Waals surface area contributed by atoms with Crippen LogP contribution in [0.2, 0.25) is 0 Å². The van der Waals surface area contributed by atoms with Crippen LogP contribution in [0.25, 0.3) is 0 Å². The Hall–Kier alpha value is -0.370. The largest absolute Gasteiger partial charge is 0.382 e. The predicted molar refractivity (Wildman–Crippen MR) is 57.1 cm³/mol. The molecule has 1 saturated carbocycles. The van der Waals surface area contributed by atoms with Gasteiger partial charge in [-0.2, -0.15) is 0 Å². The molecule has 0 amide bonds. The lowest BCUT2D eigenvalue weighted by Crippen LogP contribution is -2.43. The van der Waals surface area contributed by atoms with Crippen LogP contribution in [0.3, 0.4) is 0 Å². The highest BCUT2D eigenvalue weighted by atomic mass is 16.3. The Morgan fingerprint density at radius 1 is 1.36 bits per heavy atom. The summed E-state index contributed by atoms with van der Waals surface area (Å²) in [5.41, 5.74) is -0.979. The molecule has 1 atom stereocenters. The fraction of sp³-hybridized carbons (Fsp3) is 0.917. The van der Waals surface area contributed by atoms with Gasteiger partial charge >= 0.3 is 0 Å². The van der Waals surface area contributed by atoms with E-state index in [0.29, 0.717) is 12.8 Å². The van der Waals surface area contributed by atoms with Crippen LogP contribution in [0.1, 0.15) is 58.8 Å². The molecule has 0 aromatic heterocycles. The van der Waals surface area contributed by atoms with E-state index in [4.69, 9.17) is 0 Å². The molecule has 0 aromatic rings. The number of rotatable bonds is 4. The molecule has 1 aliphatic carbocycles. The Morgan fingerprint density at radius 2 is 1.93 bits per heavy atom. The first-order chi connectivity index (χ1) is 6.60. The average molecular weight is 198 g/mol. The van der Waals surface area contributed by atoms with Crippen molar-refractivity contribution in [2.45, 2.75) is 64.4 Å². The standard InChI is InChI=1S/C12H22O2/c1-3-7-10(2)11(13)12(14)8-5-4-6-9-12/h10,14H,3-9H2,1-2H3. The highest BCUT2D eigenvalue weighted by Crippen LogP contribution is 2.31. The van der Waals surface area contributed by atoms with E-state index in [9.17, 15) is 9.90 Å². The van der Waals surface area contributed by atoms with E-state index < -0.39 is 5.60 Å². The van der Waals surface area contributed by atoms with Crippen molar-refractivity contribution in [2.75, 3.05) is 0 Å². The van der Waals surface area contributed by atoms with Crippen LogP contribution in [-0.4, -0.2) is 16.5 Å². The van der Waals surface area contributed by atoms with Gasteiger partial charge in [0.2, 0.25) is 0 Å². The second-order valence-corrected chi connectivity index (χ2v) is 4.65. The molecule has 1 unspecified atom stereocenters. The molecule has 2 nitrogen and oxygen atoms in total. The summed E-state index contributed by atoms with van der Waals surface area (Å²) in [5, 5.41) is 10.2. The lowest BCUT2D eigenvalue weighted by atomic mass is 9.77. The Balaban J connectivity index is 2.56. The number of carbonyl (C=O) groups excluding carboxylic acids is 1. The highest BCUT2D eigenvalue weighted by Gasteiger charge is 2.38. The molecule has 2 heteroatoms. The van der Waals surface area contributed by atoms with Crippen molar-refractivity contribution in [3.05, 3.63) is 0 Å². The van der Waals surface area contributed by atoms with Crippen molar-refractivity contribution in [2.24, 2.45) is 5.92 Å². The van der Waals surface area contributed by atoms with Crippen LogP contribution in [-0.2, 0) is 4.79 Å². The molecule has 1 fully saturated rings. The van der Waals surface area contributed by atoms with Crippen molar-refractivity contribution >= 4 is 5.78 Å². The number of ketones is 1. The van der Waals surface area contributed by atoms with Gasteiger partial charge in [0.25, 0.3) is 0 Å². The van der Waals surface area contributed by atoms with Gasteiger partial charge in [-0.15, -0.1) is 0 Å². The van der Waals surface area contributed by atoms with E-state index >= 15 is 0 Å². The van der Waals surface area contributed by atoms with Gasteiger partial charge in [-0.05, 0) is 19.3 Å². The van der Waals surface area contributed by atoms with Crippen molar-refractivity contribution < 1.29 is 9.90 Å². The van der Waals surface area contributed by atoms with Crippen LogP contribution in [0.4, 0.5) is 0 Å². The first-order valence-corrected chi connectivity index (χ1v) is 5.87. The predicted octanol–water partition coefficient (Wildman–Crippen LogP) is 2.69. The first kappa shape index (κ1) is 11.7. The summed E-state index contributed by atoms with van der Waals surface area (Å²) in [7, 11) is 0. The Labute approximate surface area is 86.7 Å². The average Bonchev–Trinajstić information content (AvgIpc) is 2.18. The third-order valence-corrected chi connectivity index (χ3v) is 3.31. The van der Waals surface area contributed by atoms with E-state index in [1.54, 1.807) is 0 Å². The van der Waals surface area contributed by atoms with Gasteiger partial charge in [0, 0.05) is 5.92 Å². The highest BCUT2D eigenvalue weighted by molar-refractivity contribution is 5.88. The lowest BCUT2D eigenvalue weighted by Gasteiger charge is -2.32. The maximum atomic E-state index is 12.0.